The molecule has 3 aromatic rings. The summed E-state index contributed by atoms with van der Waals surface area (Å²) in [5.74, 6) is -0.234. The van der Waals surface area contributed by atoms with E-state index in [0.29, 0.717) is 34.1 Å². The van der Waals surface area contributed by atoms with Gasteiger partial charge in [0.2, 0.25) is 11.9 Å². The van der Waals surface area contributed by atoms with Crippen molar-refractivity contribution in [1.82, 2.24) is 9.72 Å². The lowest BCUT2D eigenvalue weighted by Gasteiger charge is -2.09. The van der Waals surface area contributed by atoms with Crippen molar-refractivity contribution in [3.8, 4) is 5.82 Å². The van der Waals surface area contributed by atoms with E-state index in [4.69, 9.17) is 14.1 Å². The average molecular weight is 425 g/mol. The molecule has 2 aromatic heterocycles. The van der Waals surface area contributed by atoms with E-state index in [9.17, 15) is 14.0 Å². The Bertz CT molecular complexity index is 1190. The quantitative estimate of drug-likeness (QED) is 0.443. The van der Waals surface area contributed by atoms with Crippen LogP contribution in [0.4, 0.5) is 4.39 Å². The number of hydrogen-bond donors (Lipinski definition) is 0. The molecule has 0 saturated carbocycles. The Kier molecular flexibility index (Phi) is 5.41. The number of nitrogens with zero attached hydrogens (tertiary/aromatic N) is 3. The van der Waals surface area contributed by atoms with Crippen molar-refractivity contribution >= 4 is 17.5 Å². The van der Waals surface area contributed by atoms with Gasteiger partial charge in [0.1, 0.15) is 11.6 Å². The number of aryl methyl sites for hydroxylation is 2. The highest BCUT2D eigenvalue weighted by Gasteiger charge is 2.31. The molecule has 9 heteroatoms. The highest BCUT2D eigenvalue weighted by molar-refractivity contribution is 6.04. The number of oxime groups is 1. The highest BCUT2D eigenvalue weighted by atomic mass is 19.1. The van der Waals surface area contributed by atoms with E-state index in [1.165, 1.54) is 12.1 Å². The first-order valence-corrected chi connectivity index (χ1v) is 9.64. The van der Waals surface area contributed by atoms with Crippen LogP contribution < -0.4 is 0 Å². The molecule has 1 aromatic carbocycles. The highest BCUT2D eigenvalue weighted by Crippen LogP contribution is 2.22. The number of ether oxygens (including phenoxy) is 1. The van der Waals surface area contributed by atoms with E-state index in [1.54, 1.807) is 42.7 Å². The lowest BCUT2D eigenvalue weighted by atomic mass is 10.1. The molecule has 0 aliphatic carbocycles. The zero-order valence-corrected chi connectivity index (χ0v) is 17.2. The maximum atomic E-state index is 13.4. The molecule has 0 fully saturated rings. The van der Waals surface area contributed by atoms with E-state index >= 15 is 0 Å². The van der Waals surface area contributed by atoms with Crippen LogP contribution >= 0.6 is 0 Å². The molecule has 31 heavy (non-hydrogen) atoms. The van der Waals surface area contributed by atoms with Crippen LogP contribution in [0.5, 0.6) is 0 Å². The molecule has 1 aliphatic rings. The summed E-state index contributed by atoms with van der Waals surface area (Å²) in [7, 11) is 0. The molecule has 0 amide bonds. The molecule has 0 radical (unpaired) electrons. The third-order valence-corrected chi connectivity index (χ3v) is 5.01. The van der Waals surface area contributed by atoms with Crippen molar-refractivity contribution in [1.29, 1.82) is 0 Å². The molecule has 1 aliphatic heterocycles. The predicted molar refractivity (Wildman–Crippen MR) is 108 cm³/mol. The third kappa shape index (κ3) is 4.11. The van der Waals surface area contributed by atoms with Gasteiger partial charge in [0.05, 0.1) is 5.71 Å². The van der Waals surface area contributed by atoms with Crippen LogP contribution in [0.2, 0.25) is 0 Å². The number of benzene rings is 1. The summed E-state index contributed by atoms with van der Waals surface area (Å²) < 4.78 is 25.5. The lowest BCUT2D eigenvalue weighted by Crippen LogP contribution is -2.26. The molecule has 0 spiro atoms. The number of halogens is 1. The van der Waals surface area contributed by atoms with Gasteiger partial charge in [-0.1, -0.05) is 22.4 Å². The fourth-order valence-corrected chi connectivity index (χ4v) is 3.51. The van der Waals surface area contributed by atoms with Gasteiger partial charge in [-0.2, -0.15) is 0 Å². The van der Waals surface area contributed by atoms with Crippen molar-refractivity contribution in [2.45, 2.75) is 33.3 Å². The van der Waals surface area contributed by atoms with E-state index in [-0.39, 0.29) is 12.2 Å². The number of rotatable bonds is 6. The zero-order valence-electron chi connectivity index (χ0n) is 17.2. The fourth-order valence-electron chi connectivity index (χ4n) is 3.51. The first-order valence-electron chi connectivity index (χ1n) is 9.64. The molecule has 4 rings (SSSR count). The second-order valence-electron chi connectivity index (χ2n) is 7.29. The van der Waals surface area contributed by atoms with E-state index in [2.05, 4.69) is 10.3 Å². The Morgan fingerprint density at radius 2 is 2.03 bits per heavy atom. The lowest BCUT2D eigenvalue weighted by molar-refractivity contribution is -0.154. The van der Waals surface area contributed by atoms with Gasteiger partial charge in [-0.05, 0) is 39.0 Å². The minimum Gasteiger partial charge on any atom is -0.454 e. The Labute approximate surface area is 177 Å². The predicted octanol–water partition coefficient (Wildman–Crippen LogP) is 3.45. The zero-order chi connectivity index (χ0) is 22.1. The molecule has 1 unspecified atom stereocenters. The summed E-state index contributed by atoms with van der Waals surface area (Å²) >= 11 is 0. The standard InChI is InChI=1S/C22H20FN3O5/c1-12-7-17(14(3)26(12)21-8-13(2)30-25-21)19(27)11-29-22(28)20-10-18(24-31-20)15-5-4-6-16(23)9-15/h4-9,20H,10-11H2,1-3H3. The Balaban J connectivity index is 1.38. The number of carbonyl (C=O) groups excluding carboxylic acids is 2. The number of hydrogen-bond acceptors (Lipinski definition) is 7. The van der Waals surface area contributed by atoms with Gasteiger partial charge in [0, 0.05) is 35.0 Å². The molecule has 1 atom stereocenters. The van der Waals surface area contributed by atoms with Gasteiger partial charge >= 0.3 is 5.97 Å². The number of esters is 1. The largest absolute Gasteiger partial charge is 0.454 e. The monoisotopic (exact) mass is 425 g/mol. The van der Waals surface area contributed by atoms with E-state index < -0.39 is 24.5 Å². The SMILES string of the molecule is Cc1cc(-n2c(C)cc(C(=O)COC(=O)C3CC(c4cccc(F)c4)=NO3)c2C)no1. The molecule has 0 saturated heterocycles. The number of carbonyl (C=O) groups is 2. The first kappa shape index (κ1) is 20.5. The first-order chi connectivity index (χ1) is 14.8. The second-order valence-corrected chi connectivity index (χ2v) is 7.29. The Morgan fingerprint density at radius 3 is 2.74 bits per heavy atom. The van der Waals surface area contributed by atoms with Crippen LogP contribution in [0.25, 0.3) is 5.82 Å². The van der Waals surface area contributed by atoms with Gasteiger partial charge in [-0.15, -0.1) is 0 Å². The normalized spacial score (nSPS) is 15.5. The molecule has 0 N–H and O–H groups in total. The number of ketones is 1. The van der Waals surface area contributed by atoms with Gasteiger partial charge < -0.3 is 14.1 Å². The molecule has 8 nitrogen and oxygen atoms in total. The molecule has 0 bridgehead atoms. The van der Waals surface area contributed by atoms with E-state index in [0.717, 1.165) is 5.69 Å². The number of aromatic nitrogens is 2. The van der Waals surface area contributed by atoms with Gasteiger partial charge in [0.15, 0.2) is 12.4 Å². The molecule has 160 valence electrons. The third-order valence-electron chi connectivity index (χ3n) is 5.01. The van der Waals surface area contributed by atoms with Crippen LogP contribution in [0.3, 0.4) is 0 Å². The van der Waals surface area contributed by atoms with Crippen LogP contribution in [0.1, 0.15) is 39.5 Å². The van der Waals surface area contributed by atoms with Gasteiger partial charge in [-0.25, -0.2) is 9.18 Å². The van der Waals surface area contributed by atoms with Gasteiger partial charge in [0.25, 0.3) is 0 Å². The maximum absolute atomic E-state index is 13.4. The molecular formula is C22H20FN3O5. The Morgan fingerprint density at radius 1 is 1.23 bits per heavy atom. The maximum Gasteiger partial charge on any atom is 0.351 e. The summed E-state index contributed by atoms with van der Waals surface area (Å²) in [6.45, 7) is 4.98. The number of Topliss-reactive ketones (excluding diaryl/α,β-unsaturated/α-hetero) is 1. The van der Waals surface area contributed by atoms with Crippen LogP contribution in [0.15, 0.2) is 46.1 Å². The van der Waals surface area contributed by atoms with Crippen molar-refractivity contribution in [3.63, 3.8) is 0 Å². The summed E-state index contributed by atoms with van der Waals surface area (Å²) in [5, 5.41) is 7.83. The summed E-state index contributed by atoms with van der Waals surface area (Å²) in [4.78, 5) is 30.1. The Hall–Kier alpha value is -3.75. The summed E-state index contributed by atoms with van der Waals surface area (Å²) in [5.41, 5.74) is 2.87. The van der Waals surface area contributed by atoms with Crippen LogP contribution in [0, 0.1) is 26.6 Å². The minimum absolute atomic E-state index is 0.135. The summed E-state index contributed by atoms with van der Waals surface area (Å²) in [6.07, 6.45) is -0.840. The van der Waals surface area contributed by atoms with E-state index in [1.807, 2.05) is 6.92 Å². The van der Waals surface area contributed by atoms with Crippen LogP contribution in [-0.4, -0.2) is 39.9 Å². The van der Waals surface area contributed by atoms with Crippen LogP contribution in [-0.2, 0) is 14.4 Å². The van der Waals surface area contributed by atoms with Crippen molar-refractivity contribution in [3.05, 3.63) is 70.5 Å². The van der Waals surface area contributed by atoms with Crippen molar-refractivity contribution in [2.75, 3.05) is 6.61 Å². The average Bonchev–Trinajstić information content (AvgIpc) is 3.45. The minimum atomic E-state index is -0.975. The second kappa shape index (κ2) is 8.17. The van der Waals surface area contributed by atoms with Crippen molar-refractivity contribution < 1.29 is 28.1 Å². The fraction of sp³-hybridized carbons (Fsp3) is 0.273. The molecule has 3 heterocycles. The van der Waals surface area contributed by atoms with Crippen molar-refractivity contribution in [2.24, 2.45) is 5.16 Å². The topological polar surface area (TPSA) is 95.9 Å². The smallest absolute Gasteiger partial charge is 0.351 e. The van der Waals surface area contributed by atoms with Gasteiger partial charge in [-0.3, -0.25) is 9.36 Å². The summed E-state index contributed by atoms with van der Waals surface area (Å²) in [6, 6.07) is 9.33. The molecular weight excluding hydrogens is 405 g/mol.